The van der Waals surface area contributed by atoms with Gasteiger partial charge in [-0.2, -0.15) is 4.98 Å². The number of aliphatic hydroxyl groups excluding tert-OH is 1. The summed E-state index contributed by atoms with van der Waals surface area (Å²) in [6, 6.07) is 1.49. The zero-order valence-corrected chi connectivity index (χ0v) is 9.52. The van der Waals surface area contributed by atoms with Crippen LogP contribution in [0.1, 0.15) is 12.3 Å². The number of aromatic nitrogens is 2. The van der Waals surface area contributed by atoms with Crippen LogP contribution in [0.4, 0.5) is 5.82 Å². The maximum absolute atomic E-state index is 11.5. The average Bonchev–Trinajstić information content (AvgIpc) is 2.44. The Morgan fingerprint density at radius 3 is 2.94 bits per heavy atom. The molecule has 1 aliphatic heterocycles. The van der Waals surface area contributed by atoms with Gasteiger partial charge < -0.3 is 15.9 Å². The number of aliphatic hydroxyl groups is 2. The predicted octanol–water partition coefficient (Wildman–Crippen LogP) is -0.817. The fraction of sp³-hybridized carbons (Fsp3) is 0.556. The molecule has 0 bridgehead atoms. The van der Waals surface area contributed by atoms with E-state index in [0.717, 1.165) is 0 Å². The number of nitrogen functional groups attached to an aromatic ring is 1. The monoisotopic (exact) mass is 243 g/mol. The Bertz CT molecular complexity index is 460. The van der Waals surface area contributed by atoms with Crippen LogP contribution in [-0.2, 0) is 0 Å². The predicted molar refractivity (Wildman–Crippen MR) is 61.0 cm³/mol. The van der Waals surface area contributed by atoms with Crippen molar-refractivity contribution in [2.45, 2.75) is 24.0 Å². The normalized spacial score (nSPS) is 34.2. The lowest BCUT2D eigenvalue weighted by molar-refractivity contribution is -0.0445. The summed E-state index contributed by atoms with van der Waals surface area (Å²) in [6.07, 6.45) is 0.480. The first-order valence-corrected chi connectivity index (χ1v) is 5.83. The number of hydrogen-bond acceptors (Lipinski definition) is 6. The van der Waals surface area contributed by atoms with E-state index in [1.54, 1.807) is 6.92 Å². The molecule has 6 nitrogen and oxygen atoms in total. The van der Waals surface area contributed by atoms with Gasteiger partial charge in [0.05, 0.1) is 5.60 Å². The van der Waals surface area contributed by atoms with E-state index in [9.17, 15) is 15.0 Å². The second-order valence-electron chi connectivity index (χ2n) is 4.05. The summed E-state index contributed by atoms with van der Waals surface area (Å²) in [5.41, 5.74) is 3.67. The van der Waals surface area contributed by atoms with Gasteiger partial charge in [0.25, 0.3) is 0 Å². The molecule has 1 aliphatic rings. The van der Waals surface area contributed by atoms with Crippen LogP contribution in [-0.4, -0.2) is 37.2 Å². The van der Waals surface area contributed by atoms with E-state index in [0.29, 0.717) is 5.75 Å². The molecule has 16 heavy (non-hydrogen) atoms. The lowest BCUT2D eigenvalue weighted by Gasteiger charge is -2.23. The van der Waals surface area contributed by atoms with Gasteiger partial charge in [0.2, 0.25) is 0 Å². The summed E-state index contributed by atoms with van der Waals surface area (Å²) in [5, 5.41) is 19.2. The van der Waals surface area contributed by atoms with Gasteiger partial charge in [0.1, 0.15) is 17.3 Å². The Hall–Kier alpha value is -1.05. The van der Waals surface area contributed by atoms with Gasteiger partial charge in [0, 0.05) is 11.9 Å². The number of nitrogens with zero attached hydrogens (tertiary/aromatic N) is 2. The smallest absolute Gasteiger partial charge is 0.350 e. The summed E-state index contributed by atoms with van der Waals surface area (Å²) in [6.45, 7) is 1.54. The highest BCUT2D eigenvalue weighted by atomic mass is 32.2. The first-order valence-electron chi connectivity index (χ1n) is 4.78. The number of thioether (sulfide) groups is 1. The quantitative estimate of drug-likeness (QED) is 0.596. The molecule has 7 heteroatoms. The first kappa shape index (κ1) is 11.4. The van der Waals surface area contributed by atoms with Gasteiger partial charge in [-0.15, -0.1) is 11.8 Å². The van der Waals surface area contributed by atoms with Crippen molar-refractivity contribution in [1.82, 2.24) is 9.55 Å². The molecule has 0 spiro atoms. The minimum atomic E-state index is -1.18. The average molecular weight is 243 g/mol. The molecular formula is C9H13N3O3S. The lowest BCUT2D eigenvalue weighted by atomic mass is 10.0. The van der Waals surface area contributed by atoms with Crippen LogP contribution in [0.25, 0.3) is 0 Å². The molecule has 0 amide bonds. The SMILES string of the molecule is C[C@]1(O)CS[C@H](n2ccc(N)nc2=O)[C@H]1O. The van der Waals surface area contributed by atoms with E-state index in [4.69, 9.17) is 5.73 Å². The van der Waals surface area contributed by atoms with Crippen molar-refractivity contribution in [2.75, 3.05) is 11.5 Å². The molecule has 0 saturated carbocycles. The van der Waals surface area contributed by atoms with Crippen LogP contribution in [0.15, 0.2) is 17.1 Å². The second-order valence-corrected chi connectivity index (χ2v) is 5.15. The molecule has 1 aromatic heterocycles. The molecule has 1 fully saturated rings. The summed E-state index contributed by atoms with van der Waals surface area (Å²) >= 11 is 1.31. The van der Waals surface area contributed by atoms with Crippen LogP contribution in [0.5, 0.6) is 0 Å². The third kappa shape index (κ3) is 1.81. The Balaban J connectivity index is 2.36. The van der Waals surface area contributed by atoms with Gasteiger partial charge in [-0.1, -0.05) is 0 Å². The zero-order valence-electron chi connectivity index (χ0n) is 8.70. The number of rotatable bonds is 1. The van der Waals surface area contributed by atoms with E-state index in [2.05, 4.69) is 4.98 Å². The summed E-state index contributed by atoms with van der Waals surface area (Å²) < 4.78 is 1.28. The van der Waals surface area contributed by atoms with Gasteiger partial charge in [-0.25, -0.2) is 4.79 Å². The van der Waals surface area contributed by atoms with Crippen molar-refractivity contribution in [3.63, 3.8) is 0 Å². The van der Waals surface area contributed by atoms with Crippen LogP contribution in [0.3, 0.4) is 0 Å². The molecule has 4 N–H and O–H groups in total. The number of anilines is 1. The Morgan fingerprint density at radius 1 is 1.75 bits per heavy atom. The van der Waals surface area contributed by atoms with Gasteiger partial charge in [-0.05, 0) is 13.0 Å². The van der Waals surface area contributed by atoms with Crippen molar-refractivity contribution in [3.8, 4) is 0 Å². The van der Waals surface area contributed by atoms with Crippen LogP contribution in [0, 0.1) is 0 Å². The van der Waals surface area contributed by atoms with Crippen molar-refractivity contribution < 1.29 is 10.2 Å². The topological polar surface area (TPSA) is 101 Å². The first-order chi connectivity index (χ1) is 7.42. The Morgan fingerprint density at radius 2 is 2.44 bits per heavy atom. The Labute approximate surface area is 96.1 Å². The maximum atomic E-state index is 11.5. The largest absolute Gasteiger partial charge is 0.387 e. The summed E-state index contributed by atoms with van der Waals surface area (Å²) in [4.78, 5) is 15.1. The van der Waals surface area contributed by atoms with Crippen molar-refractivity contribution in [1.29, 1.82) is 0 Å². The Kier molecular flexibility index (Phi) is 2.69. The van der Waals surface area contributed by atoms with Crippen molar-refractivity contribution >= 4 is 17.6 Å². The van der Waals surface area contributed by atoms with E-state index in [1.165, 1.54) is 28.6 Å². The lowest BCUT2D eigenvalue weighted by Crippen LogP contribution is -2.41. The minimum Gasteiger partial charge on any atom is -0.387 e. The van der Waals surface area contributed by atoms with Crippen molar-refractivity contribution in [3.05, 3.63) is 22.7 Å². The fourth-order valence-electron chi connectivity index (χ4n) is 1.59. The molecule has 88 valence electrons. The van der Waals surface area contributed by atoms with Crippen molar-refractivity contribution in [2.24, 2.45) is 0 Å². The van der Waals surface area contributed by atoms with E-state index < -0.39 is 22.8 Å². The molecule has 0 aliphatic carbocycles. The minimum absolute atomic E-state index is 0.144. The van der Waals surface area contributed by atoms with E-state index in [1.807, 2.05) is 0 Å². The summed E-state index contributed by atoms with van der Waals surface area (Å²) in [5.74, 6) is 0.515. The third-order valence-electron chi connectivity index (χ3n) is 2.58. The van der Waals surface area contributed by atoms with Gasteiger partial charge in [0.15, 0.2) is 0 Å². The molecule has 0 radical (unpaired) electrons. The molecule has 3 atom stereocenters. The van der Waals surface area contributed by atoms with Crippen LogP contribution in [0.2, 0.25) is 0 Å². The van der Waals surface area contributed by atoms with E-state index in [-0.39, 0.29) is 5.82 Å². The second kappa shape index (κ2) is 3.76. The third-order valence-corrected chi connectivity index (χ3v) is 4.16. The van der Waals surface area contributed by atoms with Crippen LogP contribution >= 0.6 is 11.8 Å². The number of nitrogens with two attached hydrogens (primary N) is 1. The molecule has 0 unspecified atom stereocenters. The molecule has 1 aromatic rings. The highest BCUT2D eigenvalue weighted by molar-refractivity contribution is 7.99. The fourth-order valence-corrected chi connectivity index (χ4v) is 3.07. The highest BCUT2D eigenvalue weighted by Gasteiger charge is 2.44. The number of hydrogen-bond donors (Lipinski definition) is 3. The van der Waals surface area contributed by atoms with Gasteiger partial charge >= 0.3 is 5.69 Å². The molecule has 2 rings (SSSR count). The van der Waals surface area contributed by atoms with Crippen LogP contribution < -0.4 is 11.4 Å². The molecular weight excluding hydrogens is 230 g/mol. The standard InChI is InChI=1S/C9H13N3O3S/c1-9(15)4-16-7(6(9)13)12-3-2-5(10)11-8(12)14/h2-3,6-7,13,15H,4H2,1H3,(H2,10,11,14)/t6-,7+,9+/m1/s1. The summed E-state index contributed by atoms with van der Waals surface area (Å²) in [7, 11) is 0. The molecule has 1 saturated heterocycles. The highest BCUT2D eigenvalue weighted by Crippen LogP contribution is 2.41. The van der Waals surface area contributed by atoms with Gasteiger partial charge in [-0.3, -0.25) is 4.57 Å². The van der Waals surface area contributed by atoms with E-state index >= 15 is 0 Å². The molecule has 0 aromatic carbocycles. The molecule has 2 heterocycles. The maximum Gasteiger partial charge on any atom is 0.350 e. The zero-order chi connectivity index (χ0) is 11.9.